The maximum Gasteiger partial charge on any atom is 0.318 e. The molecule has 188 valence electrons. The van der Waals surface area contributed by atoms with Crippen molar-refractivity contribution in [3.8, 4) is 0 Å². The number of fused-ring (bicyclic) bond motifs is 2. The van der Waals surface area contributed by atoms with Crippen LogP contribution in [-0.2, 0) is 23.9 Å². The number of carbonyl (C=O) groups excluding carboxylic acids is 2. The van der Waals surface area contributed by atoms with Gasteiger partial charge in [-0.3, -0.25) is 19.2 Å². The molecule has 9 heteroatoms. The minimum absolute atomic E-state index is 0.564. The molecule has 7 nitrogen and oxygen atoms in total. The van der Waals surface area contributed by atoms with E-state index in [9.17, 15) is 29.4 Å². The number of carboxylic acid groups (broad SMARTS) is 2. The summed E-state index contributed by atoms with van der Waals surface area (Å²) in [7, 11) is 0. The number of halogens is 2. The summed E-state index contributed by atoms with van der Waals surface area (Å²) >= 11 is 7.01. The van der Waals surface area contributed by atoms with Gasteiger partial charge in [0.05, 0.1) is 23.7 Å². The maximum atomic E-state index is 13.5. The average molecular weight is 628 g/mol. The Hall–Kier alpha value is -3.04. The number of carbonyl (C=O) groups is 4. The van der Waals surface area contributed by atoms with E-state index in [0.29, 0.717) is 0 Å². The molecule has 0 amide bonds. The van der Waals surface area contributed by atoms with Crippen LogP contribution in [0.4, 0.5) is 0 Å². The van der Waals surface area contributed by atoms with Gasteiger partial charge in [0.2, 0.25) is 0 Å². The van der Waals surface area contributed by atoms with E-state index >= 15 is 0 Å². The number of benzene rings is 2. The molecule has 6 aliphatic rings. The van der Waals surface area contributed by atoms with Crippen LogP contribution >= 0.6 is 31.9 Å². The highest BCUT2D eigenvalue weighted by Crippen LogP contribution is 2.56. The van der Waals surface area contributed by atoms with Crippen molar-refractivity contribution in [3.05, 3.63) is 91.9 Å². The van der Waals surface area contributed by atoms with Gasteiger partial charge in [-0.1, -0.05) is 80.4 Å². The van der Waals surface area contributed by atoms with Crippen molar-refractivity contribution in [1.29, 1.82) is 0 Å². The second kappa shape index (κ2) is 8.77. The lowest BCUT2D eigenvalue weighted by Gasteiger charge is -2.44. The molecular formula is C28H20Br2O7. The number of rotatable bonds is 4. The summed E-state index contributed by atoms with van der Waals surface area (Å²) in [6, 6.07) is 11.0. The van der Waals surface area contributed by atoms with Crippen molar-refractivity contribution in [2.24, 2.45) is 23.7 Å². The Bertz CT molecular complexity index is 1340. The summed E-state index contributed by atoms with van der Waals surface area (Å²) in [5.41, 5.74) is 3.27. The van der Waals surface area contributed by atoms with Gasteiger partial charge in [0.25, 0.3) is 0 Å². The number of hydrogen-bond donors (Lipinski definition) is 2. The maximum absolute atomic E-state index is 13.5. The Labute approximate surface area is 228 Å². The van der Waals surface area contributed by atoms with E-state index in [1.165, 1.54) is 0 Å². The van der Waals surface area contributed by atoms with Crippen LogP contribution in [0.25, 0.3) is 0 Å². The first-order chi connectivity index (χ1) is 17.7. The standard InChI is InChI=1S/C28H20Br2O7/c29-17-5-1-3-11-13-7-9-15(19(11)17)21(25(31)32)23(13)27(35)37-28(36)24-14-8-10-16(22(24)26(33)34)20-12(14)4-2-6-18(20)30/h1-10,13-16,21-24H,(H,31,32)(H,33,34). The lowest BCUT2D eigenvalue weighted by atomic mass is 9.59. The zero-order chi connectivity index (χ0) is 26.2. The van der Waals surface area contributed by atoms with Crippen LogP contribution in [0.3, 0.4) is 0 Å². The van der Waals surface area contributed by atoms with E-state index in [1.54, 1.807) is 24.3 Å². The number of carboxylic acids is 2. The molecule has 0 saturated heterocycles. The van der Waals surface area contributed by atoms with E-state index in [-0.39, 0.29) is 0 Å². The number of esters is 2. The summed E-state index contributed by atoms with van der Waals surface area (Å²) in [4.78, 5) is 51.7. The van der Waals surface area contributed by atoms with Gasteiger partial charge in [0.15, 0.2) is 0 Å². The van der Waals surface area contributed by atoms with Crippen LogP contribution in [0.15, 0.2) is 69.6 Å². The number of allylic oxidation sites excluding steroid dienone is 4. The van der Waals surface area contributed by atoms with Crippen LogP contribution in [0, 0.1) is 23.7 Å². The fraction of sp³-hybridized carbons (Fsp3) is 0.286. The second-order valence-corrected chi connectivity index (χ2v) is 11.6. The SMILES string of the molecule is O=C(OC(=O)C1C2C=CC(c3c(Br)cccc32)C1C(=O)O)C1C2C=CC(c3c(Br)cccc32)C1C(=O)O. The molecule has 0 radical (unpaired) electrons. The Balaban J connectivity index is 1.34. The van der Waals surface area contributed by atoms with Gasteiger partial charge in [-0.25, -0.2) is 0 Å². The predicted molar refractivity (Wildman–Crippen MR) is 138 cm³/mol. The molecule has 0 saturated carbocycles. The normalized spacial score (nSPS) is 31.9. The molecule has 2 aromatic carbocycles. The van der Waals surface area contributed by atoms with Gasteiger partial charge < -0.3 is 14.9 Å². The Morgan fingerprint density at radius 3 is 1.35 bits per heavy atom. The molecule has 0 aromatic heterocycles. The summed E-state index contributed by atoms with van der Waals surface area (Å²) in [5.74, 6) is -10.9. The van der Waals surface area contributed by atoms with Gasteiger partial charge in [0.1, 0.15) is 0 Å². The number of hydrogen-bond acceptors (Lipinski definition) is 5. The zero-order valence-electron chi connectivity index (χ0n) is 19.1. The molecule has 2 aromatic rings. The number of aliphatic carboxylic acids is 2. The molecule has 6 aliphatic carbocycles. The Kier molecular flexibility index (Phi) is 5.76. The molecule has 2 N–H and O–H groups in total. The van der Waals surface area contributed by atoms with Crippen molar-refractivity contribution in [1.82, 2.24) is 0 Å². The molecule has 8 rings (SSSR count). The highest BCUT2D eigenvalue weighted by Gasteiger charge is 2.55. The third-order valence-electron chi connectivity index (χ3n) is 8.25. The van der Waals surface area contributed by atoms with E-state index in [4.69, 9.17) is 4.74 Å². The Morgan fingerprint density at radius 2 is 0.973 bits per heavy atom. The van der Waals surface area contributed by atoms with Crippen LogP contribution in [0.1, 0.15) is 45.9 Å². The summed E-state index contributed by atoms with van der Waals surface area (Å²) < 4.78 is 6.91. The van der Waals surface area contributed by atoms with Gasteiger partial charge in [0, 0.05) is 32.6 Å². The third-order valence-corrected chi connectivity index (χ3v) is 9.63. The summed E-state index contributed by atoms with van der Waals surface area (Å²) in [6.45, 7) is 0. The molecule has 0 aliphatic heterocycles. The van der Waals surface area contributed by atoms with Crippen molar-refractivity contribution >= 4 is 55.7 Å². The van der Waals surface area contributed by atoms with Gasteiger partial charge in [-0.05, 0) is 34.4 Å². The second-order valence-electron chi connectivity index (χ2n) is 9.88. The van der Waals surface area contributed by atoms with Gasteiger partial charge in [-0.15, -0.1) is 0 Å². The van der Waals surface area contributed by atoms with Crippen LogP contribution in [0.2, 0.25) is 0 Å². The first-order valence-corrected chi connectivity index (χ1v) is 13.4. The molecule has 0 heterocycles. The Morgan fingerprint density at radius 1 is 0.595 bits per heavy atom. The lowest BCUT2D eigenvalue weighted by Crippen LogP contribution is -2.48. The van der Waals surface area contributed by atoms with Crippen molar-refractivity contribution in [3.63, 3.8) is 0 Å². The molecule has 0 spiro atoms. The van der Waals surface area contributed by atoms with E-state index in [0.717, 1.165) is 31.2 Å². The van der Waals surface area contributed by atoms with Crippen molar-refractivity contribution in [2.45, 2.75) is 23.7 Å². The van der Waals surface area contributed by atoms with Gasteiger partial charge >= 0.3 is 23.9 Å². The van der Waals surface area contributed by atoms with Crippen LogP contribution in [0.5, 0.6) is 0 Å². The van der Waals surface area contributed by atoms with Crippen molar-refractivity contribution in [2.75, 3.05) is 0 Å². The predicted octanol–water partition coefficient (Wildman–Crippen LogP) is 5.12. The highest BCUT2D eigenvalue weighted by molar-refractivity contribution is 9.10. The van der Waals surface area contributed by atoms with Crippen LogP contribution in [-0.4, -0.2) is 34.1 Å². The summed E-state index contributed by atoms with van der Waals surface area (Å²) in [5, 5.41) is 20.2. The lowest BCUT2D eigenvalue weighted by molar-refractivity contribution is -0.174. The minimum Gasteiger partial charge on any atom is -0.481 e. The van der Waals surface area contributed by atoms with E-state index < -0.39 is 71.2 Å². The fourth-order valence-corrected chi connectivity index (χ4v) is 8.12. The topological polar surface area (TPSA) is 118 Å². The largest absolute Gasteiger partial charge is 0.481 e. The molecule has 8 unspecified atom stereocenters. The molecular weight excluding hydrogens is 608 g/mol. The molecule has 4 bridgehead atoms. The first-order valence-electron chi connectivity index (χ1n) is 11.8. The highest BCUT2D eigenvalue weighted by atomic mass is 79.9. The zero-order valence-corrected chi connectivity index (χ0v) is 22.3. The smallest absolute Gasteiger partial charge is 0.318 e. The first kappa shape index (κ1) is 24.3. The quantitative estimate of drug-likeness (QED) is 0.275. The third kappa shape index (κ3) is 3.50. The average Bonchev–Trinajstić information content (AvgIpc) is 2.88. The molecule has 8 atom stereocenters. The molecule has 37 heavy (non-hydrogen) atoms. The minimum atomic E-state index is -1.16. The van der Waals surface area contributed by atoms with E-state index in [2.05, 4.69) is 31.9 Å². The monoisotopic (exact) mass is 626 g/mol. The van der Waals surface area contributed by atoms with Gasteiger partial charge in [-0.2, -0.15) is 0 Å². The van der Waals surface area contributed by atoms with E-state index in [1.807, 2.05) is 36.4 Å². The summed E-state index contributed by atoms with van der Waals surface area (Å²) in [6.07, 6.45) is 7.19. The molecule has 0 fully saturated rings. The van der Waals surface area contributed by atoms with Crippen LogP contribution < -0.4 is 0 Å². The number of ether oxygens (including phenoxy) is 1. The fourth-order valence-electron chi connectivity index (χ4n) is 6.83. The van der Waals surface area contributed by atoms with Crippen molar-refractivity contribution < 1.29 is 34.1 Å².